The second-order valence-corrected chi connectivity index (χ2v) is 5.01. The van der Waals surface area contributed by atoms with Gasteiger partial charge in [-0.2, -0.15) is 18.2 Å². The van der Waals surface area contributed by atoms with E-state index in [9.17, 15) is 13.2 Å². The summed E-state index contributed by atoms with van der Waals surface area (Å²) in [4.78, 5) is 3.88. The molecule has 0 bridgehead atoms. The number of aryl methyl sites for hydroxylation is 1. The zero-order valence-corrected chi connectivity index (χ0v) is 10.0. The van der Waals surface area contributed by atoms with Gasteiger partial charge in [0.25, 0.3) is 0 Å². The van der Waals surface area contributed by atoms with E-state index >= 15 is 0 Å². The Kier molecular flexibility index (Phi) is 3.81. The summed E-state index contributed by atoms with van der Waals surface area (Å²) in [7, 11) is 0. The van der Waals surface area contributed by atoms with Crippen molar-refractivity contribution in [3.63, 3.8) is 0 Å². The number of hydrogen-bond donors (Lipinski definition) is 1. The van der Waals surface area contributed by atoms with Crippen molar-refractivity contribution in [1.82, 2.24) is 10.1 Å². The van der Waals surface area contributed by atoms with Crippen molar-refractivity contribution >= 4 is 0 Å². The average Bonchev–Trinajstić information content (AvgIpc) is 2.59. The van der Waals surface area contributed by atoms with E-state index in [1.807, 2.05) is 20.8 Å². The van der Waals surface area contributed by atoms with Crippen LogP contribution in [0.2, 0.25) is 0 Å². The van der Waals surface area contributed by atoms with Gasteiger partial charge in [-0.05, 0) is 5.41 Å². The molecule has 0 radical (unpaired) electrons. The van der Waals surface area contributed by atoms with Crippen molar-refractivity contribution in [2.45, 2.75) is 45.8 Å². The molecule has 0 aliphatic carbocycles. The molecule has 1 atom stereocenters. The van der Waals surface area contributed by atoms with Crippen LogP contribution in [0.4, 0.5) is 13.2 Å². The number of nitrogens with zero attached hydrogens (tertiary/aromatic N) is 2. The quantitative estimate of drug-likeness (QED) is 0.896. The van der Waals surface area contributed by atoms with Crippen molar-refractivity contribution in [3.05, 3.63) is 11.7 Å². The Labute approximate surface area is 97.4 Å². The average molecular weight is 251 g/mol. The SMILES string of the molecule is CC(C)(C)C(N)c1nc(CCC(F)(F)F)no1. The van der Waals surface area contributed by atoms with Gasteiger partial charge in [0.1, 0.15) is 0 Å². The minimum atomic E-state index is -4.22. The monoisotopic (exact) mass is 251 g/mol. The van der Waals surface area contributed by atoms with Gasteiger partial charge in [0.2, 0.25) is 5.89 Å². The molecule has 1 aromatic heterocycles. The molecule has 0 saturated carbocycles. The van der Waals surface area contributed by atoms with Crippen LogP contribution < -0.4 is 5.73 Å². The van der Waals surface area contributed by atoms with E-state index in [-0.39, 0.29) is 23.6 Å². The highest BCUT2D eigenvalue weighted by Crippen LogP contribution is 2.29. The highest BCUT2D eigenvalue weighted by Gasteiger charge is 2.30. The number of halogens is 3. The maximum Gasteiger partial charge on any atom is 0.389 e. The predicted octanol–water partition coefficient (Wildman–Crippen LogP) is 2.61. The van der Waals surface area contributed by atoms with Crippen molar-refractivity contribution in [2.75, 3.05) is 0 Å². The lowest BCUT2D eigenvalue weighted by atomic mass is 9.87. The van der Waals surface area contributed by atoms with Gasteiger partial charge < -0.3 is 10.3 Å². The summed E-state index contributed by atoms with van der Waals surface area (Å²) in [6.07, 6.45) is -5.46. The molecular formula is C10H16F3N3O. The topological polar surface area (TPSA) is 64.9 Å². The van der Waals surface area contributed by atoms with Gasteiger partial charge in [-0.1, -0.05) is 25.9 Å². The van der Waals surface area contributed by atoms with Gasteiger partial charge >= 0.3 is 6.18 Å². The number of nitrogens with two attached hydrogens (primary N) is 1. The van der Waals surface area contributed by atoms with Gasteiger partial charge in [-0.15, -0.1) is 0 Å². The Hall–Kier alpha value is -1.11. The van der Waals surface area contributed by atoms with Crippen LogP contribution in [-0.4, -0.2) is 16.3 Å². The minimum absolute atomic E-state index is 0.0389. The maximum atomic E-state index is 12.0. The van der Waals surface area contributed by atoms with Gasteiger partial charge in [-0.3, -0.25) is 0 Å². The maximum absolute atomic E-state index is 12.0. The normalized spacial score (nSPS) is 15.0. The molecule has 0 aliphatic heterocycles. The molecule has 1 unspecified atom stereocenters. The lowest BCUT2D eigenvalue weighted by molar-refractivity contribution is -0.134. The van der Waals surface area contributed by atoms with Crippen molar-refractivity contribution in [1.29, 1.82) is 0 Å². The van der Waals surface area contributed by atoms with Crippen molar-refractivity contribution < 1.29 is 17.7 Å². The Morgan fingerprint density at radius 2 is 1.88 bits per heavy atom. The Bertz CT molecular complexity index is 368. The molecule has 7 heteroatoms. The molecule has 0 fully saturated rings. The third-order valence-corrected chi connectivity index (χ3v) is 2.31. The van der Waals surface area contributed by atoms with Crippen LogP contribution in [0.3, 0.4) is 0 Å². The molecule has 17 heavy (non-hydrogen) atoms. The van der Waals surface area contributed by atoms with E-state index in [4.69, 9.17) is 10.3 Å². The van der Waals surface area contributed by atoms with Crippen LogP contribution in [0.15, 0.2) is 4.52 Å². The number of hydrogen-bond acceptors (Lipinski definition) is 4. The van der Waals surface area contributed by atoms with Gasteiger partial charge in [-0.25, -0.2) is 0 Å². The van der Waals surface area contributed by atoms with Gasteiger partial charge in [0.05, 0.1) is 12.5 Å². The van der Waals surface area contributed by atoms with Gasteiger partial charge in [0.15, 0.2) is 5.82 Å². The summed E-state index contributed by atoms with van der Waals surface area (Å²) in [6.45, 7) is 5.66. The number of alkyl halides is 3. The first kappa shape index (κ1) is 14.0. The highest BCUT2D eigenvalue weighted by molar-refractivity contribution is 4.96. The zero-order chi connectivity index (χ0) is 13.3. The number of aromatic nitrogens is 2. The fourth-order valence-electron chi connectivity index (χ4n) is 1.12. The third-order valence-electron chi connectivity index (χ3n) is 2.31. The molecule has 0 aliphatic rings. The van der Waals surface area contributed by atoms with Crippen LogP contribution >= 0.6 is 0 Å². The first-order valence-electron chi connectivity index (χ1n) is 5.24. The molecule has 1 rings (SSSR count). The molecule has 1 aromatic rings. The third kappa shape index (κ3) is 4.33. The smallest absolute Gasteiger partial charge is 0.338 e. The molecule has 1 heterocycles. The van der Waals surface area contributed by atoms with Crippen LogP contribution in [0.5, 0.6) is 0 Å². The molecular weight excluding hydrogens is 235 g/mol. The Morgan fingerprint density at radius 3 is 2.35 bits per heavy atom. The molecule has 0 saturated heterocycles. The largest absolute Gasteiger partial charge is 0.389 e. The molecule has 2 N–H and O–H groups in total. The van der Waals surface area contributed by atoms with E-state index < -0.39 is 18.6 Å². The van der Waals surface area contributed by atoms with Crippen molar-refractivity contribution in [2.24, 2.45) is 11.1 Å². The van der Waals surface area contributed by atoms with Crippen LogP contribution in [-0.2, 0) is 6.42 Å². The standard InChI is InChI=1S/C10H16F3N3O/c1-9(2,3)7(14)8-15-6(16-17-8)4-5-10(11,12)13/h7H,4-5,14H2,1-3H3. The predicted molar refractivity (Wildman–Crippen MR) is 55.1 cm³/mol. The molecule has 0 aromatic carbocycles. The van der Waals surface area contributed by atoms with E-state index in [1.54, 1.807) is 0 Å². The first-order chi connectivity index (χ1) is 7.59. The summed E-state index contributed by atoms with van der Waals surface area (Å²) in [6, 6.07) is -0.491. The summed E-state index contributed by atoms with van der Waals surface area (Å²) in [5.74, 6) is 0.215. The summed E-state index contributed by atoms with van der Waals surface area (Å²) >= 11 is 0. The molecule has 0 amide bonds. The molecule has 98 valence electrons. The van der Waals surface area contributed by atoms with Crippen LogP contribution in [0, 0.1) is 5.41 Å². The second-order valence-electron chi connectivity index (χ2n) is 5.01. The summed E-state index contributed by atoms with van der Waals surface area (Å²) < 4.78 is 40.8. The highest BCUT2D eigenvalue weighted by atomic mass is 19.4. The Balaban J connectivity index is 2.66. The van der Waals surface area contributed by atoms with Crippen LogP contribution in [0.25, 0.3) is 0 Å². The van der Waals surface area contributed by atoms with Crippen LogP contribution in [0.1, 0.15) is 44.9 Å². The zero-order valence-electron chi connectivity index (χ0n) is 10.0. The Morgan fingerprint density at radius 1 is 1.29 bits per heavy atom. The fourth-order valence-corrected chi connectivity index (χ4v) is 1.12. The van der Waals surface area contributed by atoms with Crippen molar-refractivity contribution in [3.8, 4) is 0 Å². The van der Waals surface area contributed by atoms with E-state index in [1.165, 1.54) is 0 Å². The minimum Gasteiger partial charge on any atom is -0.338 e. The summed E-state index contributed by atoms with van der Waals surface area (Å²) in [5, 5.41) is 3.49. The summed E-state index contributed by atoms with van der Waals surface area (Å²) in [5.41, 5.74) is 5.56. The lowest BCUT2D eigenvalue weighted by Crippen LogP contribution is -2.26. The fraction of sp³-hybridized carbons (Fsp3) is 0.800. The second kappa shape index (κ2) is 4.64. The van der Waals surface area contributed by atoms with E-state index in [0.29, 0.717) is 0 Å². The number of rotatable bonds is 3. The first-order valence-corrected chi connectivity index (χ1v) is 5.24. The lowest BCUT2D eigenvalue weighted by Gasteiger charge is -2.23. The van der Waals surface area contributed by atoms with Gasteiger partial charge in [0, 0.05) is 6.42 Å². The van der Waals surface area contributed by atoms with E-state index in [2.05, 4.69) is 10.1 Å². The molecule has 0 spiro atoms. The van der Waals surface area contributed by atoms with E-state index in [0.717, 1.165) is 0 Å². The molecule has 4 nitrogen and oxygen atoms in total.